The number of Topliss-reactive ketones (excluding diaryl/α,β-unsaturated/α-hetero) is 1. The Morgan fingerprint density at radius 1 is 0.774 bits per heavy atom. The summed E-state index contributed by atoms with van der Waals surface area (Å²) in [6.07, 6.45) is -0.768. The molecule has 0 saturated carbocycles. The van der Waals surface area contributed by atoms with Gasteiger partial charge >= 0.3 is 0 Å². The molecule has 0 aromatic heterocycles. The van der Waals surface area contributed by atoms with E-state index in [9.17, 15) is 14.4 Å². The fraction of sp³-hybridized carbons (Fsp3) is 0.125. The van der Waals surface area contributed by atoms with Crippen LogP contribution in [0.4, 0.5) is 11.4 Å². The third kappa shape index (κ3) is 4.72. The molecule has 7 heteroatoms. The van der Waals surface area contributed by atoms with Crippen molar-refractivity contribution in [1.82, 2.24) is 0 Å². The first kappa shape index (κ1) is 20.2. The smallest absolute Gasteiger partial charge is 0.269 e. The molecule has 0 radical (unpaired) electrons. The predicted molar refractivity (Wildman–Crippen MR) is 116 cm³/mol. The summed E-state index contributed by atoms with van der Waals surface area (Å²) in [5.41, 5.74) is 2.13. The molecule has 4 rings (SSSR count). The van der Waals surface area contributed by atoms with Crippen LogP contribution >= 0.6 is 0 Å². The van der Waals surface area contributed by atoms with E-state index in [1.54, 1.807) is 60.7 Å². The van der Waals surface area contributed by atoms with E-state index in [0.717, 1.165) is 0 Å². The highest BCUT2D eigenvalue weighted by atomic mass is 16.6. The van der Waals surface area contributed by atoms with Gasteiger partial charge in [-0.25, -0.2) is 0 Å². The van der Waals surface area contributed by atoms with Crippen LogP contribution < -0.4 is 20.1 Å². The molecule has 1 aliphatic heterocycles. The highest BCUT2D eigenvalue weighted by Gasteiger charge is 2.27. The summed E-state index contributed by atoms with van der Waals surface area (Å²) in [6.45, 7) is 1.60. The molecule has 0 spiro atoms. The zero-order chi connectivity index (χ0) is 21.8. The third-order valence-corrected chi connectivity index (χ3v) is 4.76. The number of benzene rings is 3. The van der Waals surface area contributed by atoms with Crippen LogP contribution in [-0.4, -0.2) is 30.3 Å². The number of rotatable bonds is 5. The summed E-state index contributed by atoms with van der Waals surface area (Å²) < 4.78 is 11.3. The summed E-state index contributed by atoms with van der Waals surface area (Å²) in [4.78, 5) is 36.3. The van der Waals surface area contributed by atoms with E-state index < -0.39 is 6.10 Å². The van der Waals surface area contributed by atoms with Gasteiger partial charge in [0, 0.05) is 22.5 Å². The average Bonchev–Trinajstić information content (AvgIpc) is 2.79. The molecule has 2 N–H and O–H groups in total. The van der Waals surface area contributed by atoms with Crippen LogP contribution in [-0.2, 0) is 4.79 Å². The van der Waals surface area contributed by atoms with Crippen LogP contribution in [0.15, 0.2) is 72.8 Å². The first-order valence-corrected chi connectivity index (χ1v) is 9.71. The second kappa shape index (κ2) is 8.71. The number of amides is 2. The van der Waals surface area contributed by atoms with Gasteiger partial charge in [0.2, 0.25) is 6.10 Å². The first-order chi connectivity index (χ1) is 15.0. The Balaban J connectivity index is 1.35. The fourth-order valence-electron chi connectivity index (χ4n) is 3.07. The molecule has 0 saturated heterocycles. The van der Waals surface area contributed by atoms with E-state index in [2.05, 4.69) is 10.6 Å². The average molecular weight is 416 g/mol. The van der Waals surface area contributed by atoms with Gasteiger partial charge in [0.1, 0.15) is 6.61 Å². The first-order valence-electron chi connectivity index (χ1n) is 9.71. The van der Waals surface area contributed by atoms with E-state index in [1.807, 2.05) is 12.1 Å². The van der Waals surface area contributed by atoms with E-state index in [-0.39, 0.29) is 24.2 Å². The van der Waals surface area contributed by atoms with Crippen molar-refractivity contribution in [2.24, 2.45) is 0 Å². The molecule has 156 valence electrons. The summed E-state index contributed by atoms with van der Waals surface area (Å²) >= 11 is 0. The lowest BCUT2D eigenvalue weighted by atomic mass is 10.1. The number of anilines is 2. The second-order valence-corrected chi connectivity index (χ2v) is 7.02. The van der Waals surface area contributed by atoms with Crippen molar-refractivity contribution in [3.63, 3.8) is 0 Å². The van der Waals surface area contributed by atoms with Crippen LogP contribution in [0.5, 0.6) is 11.5 Å². The standard InChI is InChI=1S/C24H20N2O5/c1-15(27)16-6-10-18(11-7-16)25-23(28)17-8-12-19(13-9-17)26-24(29)22-14-30-20-4-2-3-5-21(20)31-22/h2-13,22H,14H2,1H3,(H,25,28)(H,26,29). The molecule has 1 heterocycles. The van der Waals surface area contributed by atoms with Crippen LogP contribution in [0.2, 0.25) is 0 Å². The van der Waals surface area contributed by atoms with Crippen LogP contribution in [0.3, 0.4) is 0 Å². The molecule has 7 nitrogen and oxygen atoms in total. The number of carbonyl (C=O) groups is 3. The highest BCUT2D eigenvalue weighted by molar-refractivity contribution is 6.05. The number of ketones is 1. The number of para-hydroxylation sites is 2. The van der Waals surface area contributed by atoms with Gasteiger partial charge < -0.3 is 20.1 Å². The summed E-state index contributed by atoms with van der Waals surface area (Å²) in [5.74, 6) is 0.464. The van der Waals surface area contributed by atoms with E-state index >= 15 is 0 Å². The zero-order valence-corrected chi connectivity index (χ0v) is 16.8. The summed E-state index contributed by atoms with van der Waals surface area (Å²) in [5, 5.41) is 5.54. The molecular weight excluding hydrogens is 396 g/mol. The number of nitrogens with one attached hydrogen (secondary N) is 2. The van der Waals surface area contributed by atoms with E-state index in [1.165, 1.54) is 6.92 Å². The van der Waals surface area contributed by atoms with Gasteiger partial charge in [-0.1, -0.05) is 12.1 Å². The number of ether oxygens (including phenoxy) is 2. The highest BCUT2D eigenvalue weighted by Crippen LogP contribution is 2.31. The normalized spacial score (nSPS) is 14.4. The molecule has 2 amide bonds. The lowest BCUT2D eigenvalue weighted by molar-refractivity contribution is -0.125. The Morgan fingerprint density at radius 3 is 2.00 bits per heavy atom. The van der Waals surface area contributed by atoms with Crippen molar-refractivity contribution in [2.45, 2.75) is 13.0 Å². The van der Waals surface area contributed by atoms with Crippen molar-refractivity contribution >= 4 is 29.0 Å². The van der Waals surface area contributed by atoms with Gasteiger partial charge in [0.25, 0.3) is 11.8 Å². The number of hydrogen-bond acceptors (Lipinski definition) is 5. The molecule has 1 unspecified atom stereocenters. The minimum Gasteiger partial charge on any atom is -0.485 e. The van der Waals surface area contributed by atoms with Gasteiger partial charge in [-0.3, -0.25) is 14.4 Å². The topological polar surface area (TPSA) is 93.7 Å². The minimum atomic E-state index is -0.768. The quantitative estimate of drug-likeness (QED) is 0.615. The van der Waals surface area contributed by atoms with Gasteiger partial charge in [0.15, 0.2) is 17.3 Å². The molecule has 3 aromatic rings. The molecule has 3 aromatic carbocycles. The monoisotopic (exact) mass is 416 g/mol. The number of hydrogen-bond donors (Lipinski definition) is 2. The maximum absolute atomic E-state index is 12.5. The molecule has 31 heavy (non-hydrogen) atoms. The largest absolute Gasteiger partial charge is 0.485 e. The van der Waals surface area contributed by atoms with Crippen molar-refractivity contribution < 1.29 is 23.9 Å². The van der Waals surface area contributed by atoms with E-state index in [4.69, 9.17) is 9.47 Å². The minimum absolute atomic E-state index is 0.0371. The SMILES string of the molecule is CC(=O)c1ccc(NC(=O)c2ccc(NC(=O)C3COc4ccccc4O3)cc2)cc1. The molecule has 0 fully saturated rings. The van der Waals surface area contributed by atoms with E-state index in [0.29, 0.717) is 34.0 Å². The summed E-state index contributed by atoms with van der Waals surface area (Å²) in [6, 6.07) is 20.4. The number of carbonyl (C=O) groups excluding carboxylic acids is 3. The molecule has 1 atom stereocenters. The van der Waals surface area contributed by atoms with Gasteiger partial charge in [-0.2, -0.15) is 0 Å². The van der Waals surface area contributed by atoms with Crippen LogP contribution in [0.1, 0.15) is 27.6 Å². The lowest BCUT2D eigenvalue weighted by Gasteiger charge is -2.25. The zero-order valence-electron chi connectivity index (χ0n) is 16.8. The van der Waals surface area contributed by atoms with Crippen molar-refractivity contribution in [3.05, 3.63) is 83.9 Å². The molecule has 1 aliphatic rings. The Morgan fingerprint density at radius 2 is 1.35 bits per heavy atom. The van der Waals surface area contributed by atoms with Crippen molar-refractivity contribution in [2.75, 3.05) is 17.2 Å². The maximum Gasteiger partial charge on any atom is 0.269 e. The Kier molecular flexibility index (Phi) is 5.66. The third-order valence-electron chi connectivity index (χ3n) is 4.76. The lowest BCUT2D eigenvalue weighted by Crippen LogP contribution is -2.40. The van der Waals surface area contributed by atoms with Crippen LogP contribution in [0, 0.1) is 0 Å². The summed E-state index contributed by atoms with van der Waals surface area (Å²) in [7, 11) is 0. The van der Waals surface area contributed by atoms with Crippen molar-refractivity contribution in [1.29, 1.82) is 0 Å². The van der Waals surface area contributed by atoms with Gasteiger partial charge in [-0.15, -0.1) is 0 Å². The molecule has 0 aliphatic carbocycles. The molecular formula is C24H20N2O5. The Hall–Kier alpha value is -4.13. The molecule has 0 bridgehead atoms. The second-order valence-electron chi connectivity index (χ2n) is 7.02. The Labute approximate surface area is 179 Å². The Bertz CT molecular complexity index is 1120. The number of fused-ring (bicyclic) bond motifs is 1. The van der Waals surface area contributed by atoms with Crippen molar-refractivity contribution in [3.8, 4) is 11.5 Å². The fourth-order valence-corrected chi connectivity index (χ4v) is 3.07. The maximum atomic E-state index is 12.5. The van der Waals surface area contributed by atoms with Gasteiger partial charge in [0.05, 0.1) is 0 Å². The van der Waals surface area contributed by atoms with Crippen LogP contribution in [0.25, 0.3) is 0 Å². The predicted octanol–water partition coefficient (Wildman–Crippen LogP) is 3.92. The van der Waals surface area contributed by atoms with Gasteiger partial charge in [-0.05, 0) is 67.6 Å².